The number of hydrogen-bond donors (Lipinski definition) is 0. The summed E-state index contributed by atoms with van der Waals surface area (Å²) in [6.07, 6.45) is 79.0. The van der Waals surface area contributed by atoms with Gasteiger partial charge in [-0.25, -0.2) is 0 Å². The van der Waals surface area contributed by atoms with Gasteiger partial charge in [0.15, 0.2) is 6.10 Å². The van der Waals surface area contributed by atoms with Gasteiger partial charge in [-0.15, -0.1) is 0 Å². The SMILES string of the molecule is CC/C=C\C/C=C\C/C=C\CCCCCC(=O)OC(COC(=O)CCCCCCC/C=C\CCC)COC(=O)CCCCCCCCCCCCCCCCCC/C=C\C/C=C\C/C=C\CCCCCCC. The average Bonchev–Trinajstić information content (AvgIpc) is 3.38. The molecule has 0 radical (unpaired) electrons. The number of unbranched alkanes of at least 4 members (excludes halogenated alkanes) is 30. The Hall–Kier alpha value is -3.41. The highest BCUT2D eigenvalue weighted by Gasteiger charge is 2.19. The summed E-state index contributed by atoms with van der Waals surface area (Å²) >= 11 is 0. The third kappa shape index (κ3) is 57.5. The Bertz CT molecular complexity index is 1380. The second-order valence-corrected chi connectivity index (χ2v) is 20.2. The van der Waals surface area contributed by atoms with Crippen LogP contribution in [-0.4, -0.2) is 37.2 Å². The summed E-state index contributed by atoms with van der Waals surface area (Å²) in [6, 6.07) is 0. The number of hydrogen-bond acceptors (Lipinski definition) is 6. The molecule has 0 bridgehead atoms. The lowest BCUT2D eigenvalue weighted by Crippen LogP contribution is -2.30. The molecule has 0 saturated carbocycles. The predicted octanol–water partition coefficient (Wildman–Crippen LogP) is 20.7. The van der Waals surface area contributed by atoms with Crippen LogP contribution in [0, 0.1) is 0 Å². The Morgan fingerprint density at radius 1 is 0.292 bits per heavy atom. The molecule has 0 spiro atoms. The smallest absolute Gasteiger partial charge is 0.306 e. The van der Waals surface area contributed by atoms with Gasteiger partial charge in [0.1, 0.15) is 13.2 Å². The molecule has 0 aliphatic carbocycles. The molecular formula is C66H114O6. The van der Waals surface area contributed by atoms with E-state index in [2.05, 4.69) is 106 Å². The summed E-state index contributed by atoms with van der Waals surface area (Å²) in [5.74, 6) is -0.926. The molecule has 0 saturated heterocycles. The van der Waals surface area contributed by atoms with Crippen LogP contribution in [0.15, 0.2) is 85.1 Å². The normalized spacial score (nSPS) is 12.7. The van der Waals surface area contributed by atoms with Crippen molar-refractivity contribution in [3.8, 4) is 0 Å². The summed E-state index contributed by atoms with van der Waals surface area (Å²) in [5, 5.41) is 0. The molecule has 6 heteroatoms. The van der Waals surface area contributed by atoms with Crippen LogP contribution in [0.5, 0.6) is 0 Å². The van der Waals surface area contributed by atoms with Gasteiger partial charge in [-0.2, -0.15) is 0 Å². The van der Waals surface area contributed by atoms with Crippen LogP contribution in [0.25, 0.3) is 0 Å². The summed E-state index contributed by atoms with van der Waals surface area (Å²) in [7, 11) is 0. The first-order chi connectivity index (χ1) is 35.5. The first-order valence-electron chi connectivity index (χ1n) is 30.6. The number of carbonyl (C=O) groups is 3. The van der Waals surface area contributed by atoms with Gasteiger partial charge in [0.2, 0.25) is 0 Å². The molecule has 0 aromatic heterocycles. The zero-order valence-corrected chi connectivity index (χ0v) is 47.4. The van der Waals surface area contributed by atoms with Crippen molar-refractivity contribution in [2.75, 3.05) is 13.2 Å². The fourth-order valence-corrected chi connectivity index (χ4v) is 8.53. The highest BCUT2D eigenvalue weighted by molar-refractivity contribution is 5.71. The first-order valence-corrected chi connectivity index (χ1v) is 30.6. The minimum atomic E-state index is -0.793. The number of ether oxygens (including phenoxy) is 3. The number of allylic oxidation sites excluding steroid dienone is 14. The lowest BCUT2D eigenvalue weighted by molar-refractivity contribution is -0.167. The Labute approximate surface area is 445 Å². The molecule has 1 unspecified atom stereocenters. The zero-order chi connectivity index (χ0) is 52.2. The van der Waals surface area contributed by atoms with Gasteiger partial charge in [0, 0.05) is 19.3 Å². The molecule has 0 aromatic carbocycles. The maximum atomic E-state index is 12.8. The second-order valence-electron chi connectivity index (χ2n) is 20.2. The molecule has 0 N–H and O–H groups in total. The topological polar surface area (TPSA) is 78.9 Å². The quantitative estimate of drug-likeness (QED) is 0.0261. The van der Waals surface area contributed by atoms with E-state index in [9.17, 15) is 14.4 Å². The lowest BCUT2D eigenvalue weighted by atomic mass is 10.0. The van der Waals surface area contributed by atoms with Crippen molar-refractivity contribution in [2.24, 2.45) is 0 Å². The standard InChI is InChI=1S/C66H114O6/c1-4-7-10-13-16-19-22-24-25-26-27-28-29-30-31-32-33-34-35-36-37-38-39-40-41-43-44-47-50-53-56-59-65(68)71-62-63(61-70-64(67)58-55-52-49-46-21-18-15-12-9-6-3)72-66(69)60-57-54-51-48-45-42-23-20-17-14-11-8-5-2/h8,11-12,15,17,20,22,24,26-27,29-30,42,45,63H,4-7,9-10,13-14,16,18-19,21,23,25,28,31-41,43-44,46-62H2,1-3H3/b11-8-,15-12-,20-17-,24-22-,27-26-,30-29-,45-42-. The highest BCUT2D eigenvalue weighted by atomic mass is 16.6. The van der Waals surface area contributed by atoms with Crippen molar-refractivity contribution in [3.63, 3.8) is 0 Å². The number of esters is 3. The molecule has 0 amide bonds. The van der Waals surface area contributed by atoms with Gasteiger partial charge in [-0.3, -0.25) is 14.4 Å². The Balaban J connectivity index is 4.11. The Kier molecular flexibility index (Phi) is 57.3. The van der Waals surface area contributed by atoms with Crippen molar-refractivity contribution < 1.29 is 28.6 Å². The van der Waals surface area contributed by atoms with E-state index in [1.54, 1.807) is 0 Å². The largest absolute Gasteiger partial charge is 0.462 e. The van der Waals surface area contributed by atoms with Crippen LogP contribution in [0.2, 0.25) is 0 Å². The highest BCUT2D eigenvalue weighted by Crippen LogP contribution is 2.16. The molecule has 0 rings (SSSR count). The molecule has 0 heterocycles. The summed E-state index contributed by atoms with van der Waals surface area (Å²) in [4.78, 5) is 38.0. The fraction of sp³-hybridized carbons (Fsp3) is 0.742. The van der Waals surface area contributed by atoms with Crippen molar-refractivity contribution in [2.45, 2.75) is 303 Å². The third-order valence-electron chi connectivity index (χ3n) is 13.1. The van der Waals surface area contributed by atoms with Gasteiger partial charge in [-0.1, -0.05) is 254 Å². The summed E-state index contributed by atoms with van der Waals surface area (Å²) < 4.78 is 16.8. The van der Waals surface area contributed by atoms with Gasteiger partial charge in [-0.05, 0) is 109 Å². The van der Waals surface area contributed by atoms with Crippen LogP contribution in [0.3, 0.4) is 0 Å². The first kappa shape index (κ1) is 68.6. The van der Waals surface area contributed by atoms with E-state index in [1.165, 1.54) is 141 Å². The van der Waals surface area contributed by atoms with Gasteiger partial charge in [0.05, 0.1) is 0 Å². The van der Waals surface area contributed by atoms with E-state index in [4.69, 9.17) is 14.2 Å². The van der Waals surface area contributed by atoms with E-state index in [1.807, 2.05) is 0 Å². The fourth-order valence-electron chi connectivity index (χ4n) is 8.53. The van der Waals surface area contributed by atoms with Crippen molar-refractivity contribution >= 4 is 17.9 Å². The van der Waals surface area contributed by atoms with E-state index in [0.29, 0.717) is 19.3 Å². The molecular weight excluding hydrogens is 889 g/mol. The van der Waals surface area contributed by atoms with Crippen LogP contribution in [0.1, 0.15) is 297 Å². The lowest BCUT2D eigenvalue weighted by Gasteiger charge is -2.18. The minimum Gasteiger partial charge on any atom is -0.462 e. The van der Waals surface area contributed by atoms with Crippen molar-refractivity contribution in [1.82, 2.24) is 0 Å². The predicted molar refractivity (Wildman–Crippen MR) is 311 cm³/mol. The Morgan fingerprint density at radius 3 is 0.931 bits per heavy atom. The third-order valence-corrected chi connectivity index (χ3v) is 13.1. The van der Waals surface area contributed by atoms with Crippen LogP contribution < -0.4 is 0 Å². The van der Waals surface area contributed by atoms with E-state index >= 15 is 0 Å². The molecule has 414 valence electrons. The molecule has 1 atom stereocenters. The van der Waals surface area contributed by atoms with Crippen molar-refractivity contribution in [3.05, 3.63) is 85.1 Å². The molecule has 0 fully saturated rings. The maximum Gasteiger partial charge on any atom is 0.306 e. The van der Waals surface area contributed by atoms with E-state index < -0.39 is 6.10 Å². The Morgan fingerprint density at radius 2 is 0.569 bits per heavy atom. The summed E-state index contributed by atoms with van der Waals surface area (Å²) in [6.45, 7) is 6.43. The molecule has 0 aliphatic rings. The number of carbonyl (C=O) groups excluding carboxylic acids is 3. The monoisotopic (exact) mass is 1000 g/mol. The molecule has 0 aromatic rings. The van der Waals surface area contributed by atoms with Crippen molar-refractivity contribution in [1.29, 1.82) is 0 Å². The molecule has 6 nitrogen and oxygen atoms in total. The van der Waals surface area contributed by atoms with E-state index in [0.717, 1.165) is 116 Å². The average molecular weight is 1000 g/mol. The maximum absolute atomic E-state index is 12.8. The van der Waals surface area contributed by atoms with Gasteiger partial charge >= 0.3 is 17.9 Å². The van der Waals surface area contributed by atoms with Gasteiger partial charge < -0.3 is 14.2 Å². The summed E-state index contributed by atoms with van der Waals surface area (Å²) in [5.41, 5.74) is 0. The minimum absolute atomic E-state index is 0.0898. The van der Waals surface area contributed by atoms with Crippen LogP contribution in [0.4, 0.5) is 0 Å². The van der Waals surface area contributed by atoms with Gasteiger partial charge in [0.25, 0.3) is 0 Å². The molecule has 0 aliphatic heterocycles. The van der Waals surface area contributed by atoms with E-state index in [-0.39, 0.29) is 31.1 Å². The number of rotatable bonds is 55. The second kappa shape index (κ2) is 60.1. The van der Waals surface area contributed by atoms with Crippen LogP contribution >= 0.6 is 0 Å². The zero-order valence-electron chi connectivity index (χ0n) is 47.4. The molecule has 72 heavy (non-hydrogen) atoms. The van der Waals surface area contributed by atoms with Crippen LogP contribution in [-0.2, 0) is 28.6 Å².